The molecule has 0 spiro atoms. The first-order valence-corrected chi connectivity index (χ1v) is 5.06. The van der Waals surface area contributed by atoms with Crippen molar-refractivity contribution in [3.63, 3.8) is 0 Å². The van der Waals surface area contributed by atoms with Crippen LogP contribution < -0.4 is 5.32 Å². The summed E-state index contributed by atoms with van der Waals surface area (Å²) in [5, 5.41) is 13.8. The van der Waals surface area contributed by atoms with Crippen molar-refractivity contribution in [1.82, 2.24) is 0 Å². The lowest BCUT2D eigenvalue weighted by Gasteiger charge is -2.11. The van der Waals surface area contributed by atoms with Gasteiger partial charge >= 0.3 is 0 Å². The van der Waals surface area contributed by atoms with Crippen molar-refractivity contribution in [2.45, 2.75) is 20.0 Å². The molecule has 88 valence electrons. The average molecular weight is 224 g/mol. The van der Waals surface area contributed by atoms with Crippen LogP contribution in [0, 0.1) is 17.0 Å². The third-order valence-electron chi connectivity index (χ3n) is 2.40. The number of hydrogen-bond donors (Lipinski definition) is 1. The molecule has 0 aliphatic heterocycles. The minimum absolute atomic E-state index is 0.0698. The molecule has 0 bridgehead atoms. The van der Waals surface area contributed by atoms with E-state index < -0.39 is 0 Å². The molecule has 1 atom stereocenters. The Morgan fingerprint density at radius 2 is 2.25 bits per heavy atom. The molecule has 0 fully saturated rings. The number of rotatable bonds is 5. The van der Waals surface area contributed by atoms with E-state index in [-0.39, 0.29) is 16.7 Å². The maximum atomic E-state index is 10.7. The SMILES string of the molecule is COC(C)CNc1ccc(C)c([N+](=O)[O-])c1. The number of anilines is 1. The molecule has 5 nitrogen and oxygen atoms in total. The molecule has 16 heavy (non-hydrogen) atoms. The van der Waals surface area contributed by atoms with Crippen molar-refractivity contribution in [2.75, 3.05) is 19.0 Å². The van der Waals surface area contributed by atoms with E-state index in [1.165, 1.54) is 6.07 Å². The first-order valence-electron chi connectivity index (χ1n) is 5.06. The zero-order chi connectivity index (χ0) is 12.1. The summed E-state index contributed by atoms with van der Waals surface area (Å²) in [7, 11) is 1.63. The Morgan fingerprint density at radius 1 is 1.56 bits per heavy atom. The standard InChI is InChI=1S/C11H16N2O3/c1-8-4-5-10(6-11(8)13(14)15)12-7-9(2)16-3/h4-6,9,12H,7H2,1-3H3. The molecule has 0 saturated carbocycles. The van der Waals surface area contributed by atoms with Gasteiger partial charge in [0.1, 0.15) is 0 Å². The fourth-order valence-electron chi connectivity index (χ4n) is 1.26. The number of nitrogens with one attached hydrogen (secondary N) is 1. The topological polar surface area (TPSA) is 64.4 Å². The van der Waals surface area contributed by atoms with E-state index in [1.807, 2.05) is 13.0 Å². The fourth-order valence-corrected chi connectivity index (χ4v) is 1.26. The van der Waals surface area contributed by atoms with Gasteiger partial charge in [-0.3, -0.25) is 10.1 Å². The summed E-state index contributed by atoms with van der Waals surface area (Å²) in [6.07, 6.45) is 0.0698. The average Bonchev–Trinajstić information content (AvgIpc) is 2.27. The number of nitro groups is 1. The summed E-state index contributed by atoms with van der Waals surface area (Å²) >= 11 is 0. The summed E-state index contributed by atoms with van der Waals surface area (Å²) in [5.41, 5.74) is 1.53. The summed E-state index contributed by atoms with van der Waals surface area (Å²) < 4.78 is 5.08. The third kappa shape index (κ3) is 3.20. The fraction of sp³-hybridized carbons (Fsp3) is 0.455. The van der Waals surface area contributed by atoms with Crippen molar-refractivity contribution in [1.29, 1.82) is 0 Å². The Hall–Kier alpha value is -1.62. The molecule has 0 amide bonds. The van der Waals surface area contributed by atoms with Crippen LogP contribution in [0.3, 0.4) is 0 Å². The highest BCUT2D eigenvalue weighted by Crippen LogP contribution is 2.22. The molecule has 0 radical (unpaired) electrons. The number of methoxy groups -OCH3 is 1. The second-order valence-corrected chi connectivity index (χ2v) is 3.69. The van der Waals surface area contributed by atoms with E-state index >= 15 is 0 Å². The molecule has 1 unspecified atom stereocenters. The second-order valence-electron chi connectivity index (χ2n) is 3.69. The Morgan fingerprint density at radius 3 is 2.81 bits per heavy atom. The monoisotopic (exact) mass is 224 g/mol. The van der Waals surface area contributed by atoms with Crippen LogP contribution in [-0.2, 0) is 4.74 Å². The molecule has 0 aliphatic carbocycles. The first kappa shape index (κ1) is 12.4. The second kappa shape index (κ2) is 5.46. The molecule has 1 rings (SSSR count). The van der Waals surface area contributed by atoms with Gasteiger partial charge in [-0.2, -0.15) is 0 Å². The molecule has 1 aromatic rings. The van der Waals surface area contributed by atoms with Gasteiger partial charge < -0.3 is 10.1 Å². The van der Waals surface area contributed by atoms with Crippen LogP contribution in [0.15, 0.2) is 18.2 Å². The quantitative estimate of drug-likeness (QED) is 0.616. The lowest BCUT2D eigenvalue weighted by atomic mass is 10.2. The van der Waals surface area contributed by atoms with Crippen LogP contribution in [0.5, 0.6) is 0 Å². The lowest BCUT2D eigenvalue weighted by Crippen LogP contribution is -2.18. The van der Waals surface area contributed by atoms with Gasteiger partial charge in [0.2, 0.25) is 0 Å². The number of aryl methyl sites for hydroxylation is 1. The van der Waals surface area contributed by atoms with Crippen molar-refractivity contribution < 1.29 is 9.66 Å². The lowest BCUT2D eigenvalue weighted by molar-refractivity contribution is -0.385. The van der Waals surface area contributed by atoms with E-state index in [9.17, 15) is 10.1 Å². The van der Waals surface area contributed by atoms with E-state index in [0.717, 1.165) is 5.69 Å². The van der Waals surface area contributed by atoms with Gasteiger partial charge in [0, 0.05) is 31.0 Å². The Kier molecular flexibility index (Phi) is 4.25. The maximum Gasteiger partial charge on any atom is 0.274 e. The normalized spacial score (nSPS) is 12.2. The van der Waals surface area contributed by atoms with Gasteiger partial charge in [-0.05, 0) is 19.9 Å². The Bertz CT molecular complexity index is 379. The predicted molar refractivity (Wildman–Crippen MR) is 62.8 cm³/mol. The van der Waals surface area contributed by atoms with Gasteiger partial charge in [0.05, 0.1) is 11.0 Å². The highest BCUT2D eigenvalue weighted by molar-refractivity contribution is 5.54. The zero-order valence-electron chi connectivity index (χ0n) is 9.69. The van der Waals surface area contributed by atoms with E-state index in [2.05, 4.69) is 5.32 Å². The van der Waals surface area contributed by atoms with Crippen LogP contribution >= 0.6 is 0 Å². The van der Waals surface area contributed by atoms with Crippen LogP contribution in [0.4, 0.5) is 11.4 Å². The molecular weight excluding hydrogens is 208 g/mol. The number of benzene rings is 1. The number of ether oxygens (including phenoxy) is 1. The van der Waals surface area contributed by atoms with Crippen LogP contribution in [0.2, 0.25) is 0 Å². The van der Waals surface area contributed by atoms with Crippen LogP contribution in [0.1, 0.15) is 12.5 Å². The van der Waals surface area contributed by atoms with E-state index in [4.69, 9.17) is 4.74 Å². The molecule has 0 heterocycles. The van der Waals surface area contributed by atoms with Gasteiger partial charge in [-0.1, -0.05) is 6.07 Å². The molecule has 0 saturated heterocycles. The van der Waals surface area contributed by atoms with Gasteiger partial charge in [0.15, 0.2) is 0 Å². The van der Waals surface area contributed by atoms with Crippen molar-refractivity contribution in [3.05, 3.63) is 33.9 Å². The third-order valence-corrected chi connectivity index (χ3v) is 2.40. The highest BCUT2D eigenvalue weighted by atomic mass is 16.6. The van der Waals surface area contributed by atoms with Gasteiger partial charge in [0.25, 0.3) is 5.69 Å². The number of hydrogen-bond acceptors (Lipinski definition) is 4. The summed E-state index contributed by atoms with van der Waals surface area (Å²) in [6.45, 7) is 4.27. The van der Waals surface area contributed by atoms with Crippen LogP contribution in [0.25, 0.3) is 0 Å². The molecule has 1 N–H and O–H groups in total. The minimum Gasteiger partial charge on any atom is -0.382 e. The highest BCUT2D eigenvalue weighted by Gasteiger charge is 2.10. The minimum atomic E-state index is -0.375. The maximum absolute atomic E-state index is 10.7. The smallest absolute Gasteiger partial charge is 0.274 e. The summed E-state index contributed by atoms with van der Waals surface area (Å²) in [6, 6.07) is 5.10. The largest absolute Gasteiger partial charge is 0.382 e. The van der Waals surface area contributed by atoms with Crippen LogP contribution in [-0.4, -0.2) is 24.7 Å². The molecule has 0 aromatic heterocycles. The Balaban J connectivity index is 2.75. The number of nitrogens with zero attached hydrogens (tertiary/aromatic N) is 1. The summed E-state index contributed by atoms with van der Waals surface area (Å²) in [5.74, 6) is 0. The molecule has 1 aromatic carbocycles. The Labute approximate surface area is 94.6 Å². The molecular formula is C11H16N2O3. The number of nitro benzene ring substituents is 1. The predicted octanol–water partition coefficient (Wildman–Crippen LogP) is 2.35. The molecule has 0 aliphatic rings. The van der Waals surface area contributed by atoms with E-state index in [1.54, 1.807) is 20.1 Å². The summed E-state index contributed by atoms with van der Waals surface area (Å²) in [4.78, 5) is 10.3. The van der Waals surface area contributed by atoms with Gasteiger partial charge in [-0.25, -0.2) is 0 Å². The van der Waals surface area contributed by atoms with E-state index in [0.29, 0.717) is 12.1 Å². The van der Waals surface area contributed by atoms with Crippen molar-refractivity contribution >= 4 is 11.4 Å². The van der Waals surface area contributed by atoms with Crippen molar-refractivity contribution in [2.24, 2.45) is 0 Å². The van der Waals surface area contributed by atoms with Crippen molar-refractivity contribution in [3.8, 4) is 0 Å². The first-order chi connectivity index (χ1) is 7.54. The zero-order valence-corrected chi connectivity index (χ0v) is 9.69. The van der Waals surface area contributed by atoms with Gasteiger partial charge in [-0.15, -0.1) is 0 Å². The molecule has 5 heteroatoms.